The summed E-state index contributed by atoms with van der Waals surface area (Å²) in [4.78, 5) is 25.5. The number of nitrogens with zero attached hydrogens (tertiary/aromatic N) is 1. The second kappa shape index (κ2) is 4.68. The van der Waals surface area contributed by atoms with Crippen LogP contribution in [0.5, 0.6) is 0 Å². The lowest BCUT2D eigenvalue weighted by atomic mass is 10.1. The minimum atomic E-state index is -0.429. The van der Waals surface area contributed by atoms with Crippen LogP contribution in [0.25, 0.3) is 0 Å². The van der Waals surface area contributed by atoms with E-state index in [0.717, 1.165) is 5.56 Å². The van der Waals surface area contributed by atoms with Crippen molar-refractivity contribution in [2.45, 2.75) is 19.4 Å². The number of hydrogen-bond acceptors (Lipinski definition) is 3. The summed E-state index contributed by atoms with van der Waals surface area (Å²) >= 11 is 0. The van der Waals surface area contributed by atoms with E-state index >= 15 is 0 Å². The van der Waals surface area contributed by atoms with Crippen LogP contribution >= 0.6 is 0 Å². The minimum absolute atomic E-state index is 0.0458. The number of anilines is 1. The Morgan fingerprint density at radius 1 is 1.50 bits per heavy atom. The van der Waals surface area contributed by atoms with Gasteiger partial charge < -0.3 is 16.0 Å². The normalized spacial score (nSPS) is 19.1. The van der Waals surface area contributed by atoms with Gasteiger partial charge in [-0.15, -0.1) is 0 Å². The van der Waals surface area contributed by atoms with Crippen LogP contribution in [0.1, 0.15) is 22.3 Å². The first-order valence-electron chi connectivity index (χ1n) is 5.91. The number of nitrogens with two attached hydrogens (primary N) is 1. The maximum Gasteiger partial charge on any atom is 0.254 e. The molecule has 2 rings (SSSR count). The molecule has 1 aliphatic rings. The summed E-state index contributed by atoms with van der Waals surface area (Å²) in [7, 11) is 1.73. The molecular formula is C13H17N3O2. The number of nitrogens with one attached hydrogen (secondary N) is 1. The number of benzene rings is 1. The summed E-state index contributed by atoms with van der Waals surface area (Å²) < 4.78 is 0. The lowest BCUT2D eigenvalue weighted by molar-refractivity contribution is -0.128. The average Bonchev–Trinajstić information content (AvgIpc) is 2.61. The van der Waals surface area contributed by atoms with Gasteiger partial charge in [0.2, 0.25) is 5.91 Å². The quantitative estimate of drug-likeness (QED) is 0.749. The highest BCUT2D eigenvalue weighted by Crippen LogP contribution is 2.17. The molecule has 0 spiro atoms. The van der Waals surface area contributed by atoms with Gasteiger partial charge in [-0.05, 0) is 25.0 Å². The maximum atomic E-state index is 12.1. The molecule has 0 aliphatic carbocycles. The smallest absolute Gasteiger partial charge is 0.254 e. The van der Waals surface area contributed by atoms with Gasteiger partial charge in [0, 0.05) is 19.3 Å². The molecule has 1 aromatic carbocycles. The SMILES string of the molecule is Cc1cccc(N)c1C(=O)NC1CCN(C)C1=O. The Hall–Kier alpha value is -2.04. The van der Waals surface area contributed by atoms with E-state index in [4.69, 9.17) is 5.73 Å². The van der Waals surface area contributed by atoms with E-state index in [-0.39, 0.29) is 11.8 Å². The van der Waals surface area contributed by atoms with Crippen molar-refractivity contribution in [3.8, 4) is 0 Å². The van der Waals surface area contributed by atoms with Crippen LogP contribution in [0.2, 0.25) is 0 Å². The molecule has 1 saturated heterocycles. The zero-order valence-electron chi connectivity index (χ0n) is 10.6. The Kier molecular flexibility index (Phi) is 3.23. The van der Waals surface area contributed by atoms with E-state index in [2.05, 4.69) is 5.32 Å². The first kappa shape index (κ1) is 12.4. The molecule has 1 aliphatic heterocycles. The molecular weight excluding hydrogens is 230 g/mol. The number of likely N-dealkylation sites (N-methyl/N-ethyl adjacent to an activating group) is 1. The molecule has 2 amide bonds. The zero-order valence-corrected chi connectivity index (χ0v) is 10.6. The number of rotatable bonds is 2. The van der Waals surface area contributed by atoms with Gasteiger partial charge >= 0.3 is 0 Å². The number of carbonyl (C=O) groups excluding carboxylic acids is 2. The van der Waals surface area contributed by atoms with E-state index in [1.54, 1.807) is 24.1 Å². The molecule has 1 aromatic rings. The molecule has 96 valence electrons. The number of carbonyl (C=O) groups is 2. The van der Waals surface area contributed by atoms with Crippen LogP contribution in [0.4, 0.5) is 5.69 Å². The van der Waals surface area contributed by atoms with Gasteiger partial charge in [-0.25, -0.2) is 0 Å². The third-order valence-corrected chi connectivity index (χ3v) is 3.26. The summed E-state index contributed by atoms with van der Waals surface area (Å²) in [5.74, 6) is -0.324. The second-order valence-corrected chi connectivity index (χ2v) is 4.61. The van der Waals surface area contributed by atoms with Crippen molar-refractivity contribution in [3.63, 3.8) is 0 Å². The molecule has 0 saturated carbocycles. The van der Waals surface area contributed by atoms with Crippen molar-refractivity contribution in [2.24, 2.45) is 0 Å². The Balaban J connectivity index is 2.16. The van der Waals surface area contributed by atoms with E-state index in [1.807, 2.05) is 13.0 Å². The summed E-state index contributed by atoms with van der Waals surface area (Å²) in [5.41, 5.74) is 7.51. The molecule has 5 heteroatoms. The Labute approximate surface area is 106 Å². The standard InChI is InChI=1S/C13H17N3O2/c1-8-4-3-5-9(14)11(8)12(17)15-10-6-7-16(2)13(10)18/h3-5,10H,6-7,14H2,1-2H3,(H,15,17). The van der Waals surface area contributed by atoms with Crippen molar-refractivity contribution < 1.29 is 9.59 Å². The fraction of sp³-hybridized carbons (Fsp3) is 0.385. The molecule has 1 fully saturated rings. The first-order valence-corrected chi connectivity index (χ1v) is 5.91. The summed E-state index contributed by atoms with van der Waals surface area (Å²) in [5, 5.41) is 2.75. The highest BCUT2D eigenvalue weighted by Gasteiger charge is 2.30. The molecule has 0 radical (unpaired) electrons. The van der Waals surface area contributed by atoms with Crippen LogP contribution < -0.4 is 11.1 Å². The van der Waals surface area contributed by atoms with Gasteiger partial charge in [0.15, 0.2) is 0 Å². The van der Waals surface area contributed by atoms with Gasteiger partial charge in [-0.3, -0.25) is 9.59 Å². The molecule has 0 bridgehead atoms. The zero-order chi connectivity index (χ0) is 13.3. The van der Waals surface area contributed by atoms with Crippen LogP contribution in [-0.2, 0) is 4.79 Å². The van der Waals surface area contributed by atoms with Gasteiger partial charge in [-0.2, -0.15) is 0 Å². The number of nitrogen functional groups attached to an aromatic ring is 1. The lowest BCUT2D eigenvalue weighted by Crippen LogP contribution is -2.41. The van der Waals surface area contributed by atoms with E-state index < -0.39 is 6.04 Å². The molecule has 1 heterocycles. The van der Waals surface area contributed by atoms with Crippen LogP contribution in [0, 0.1) is 6.92 Å². The second-order valence-electron chi connectivity index (χ2n) is 4.61. The highest BCUT2D eigenvalue weighted by molar-refractivity contribution is 6.02. The number of hydrogen-bond donors (Lipinski definition) is 2. The molecule has 1 unspecified atom stereocenters. The fourth-order valence-electron chi connectivity index (χ4n) is 2.19. The molecule has 5 nitrogen and oxygen atoms in total. The number of likely N-dealkylation sites (tertiary alicyclic amines) is 1. The monoisotopic (exact) mass is 247 g/mol. The van der Waals surface area contributed by atoms with E-state index in [9.17, 15) is 9.59 Å². The van der Waals surface area contributed by atoms with Crippen molar-refractivity contribution in [2.75, 3.05) is 19.3 Å². The van der Waals surface area contributed by atoms with Gasteiger partial charge in [0.1, 0.15) is 6.04 Å². The molecule has 0 aromatic heterocycles. The predicted octanol–water partition coefficient (Wildman–Crippen LogP) is 0.538. The van der Waals surface area contributed by atoms with Crippen LogP contribution in [0.3, 0.4) is 0 Å². The van der Waals surface area contributed by atoms with Crippen molar-refractivity contribution in [3.05, 3.63) is 29.3 Å². The van der Waals surface area contributed by atoms with Crippen molar-refractivity contribution in [1.29, 1.82) is 0 Å². The molecule has 3 N–H and O–H groups in total. The third-order valence-electron chi connectivity index (χ3n) is 3.26. The molecule has 1 atom stereocenters. The number of amides is 2. The fourth-order valence-corrected chi connectivity index (χ4v) is 2.19. The summed E-state index contributed by atoms with van der Waals surface area (Å²) in [6.45, 7) is 2.50. The average molecular weight is 247 g/mol. The van der Waals surface area contributed by atoms with E-state index in [0.29, 0.717) is 24.2 Å². The lowest BCUT2D eigenvalue weighted by Gasteiger charge is -2.14. The van der Waals surface area contributed by atoms with Crippen LogP contribution in [0.15, 0.2) is 18.2 Å². The maximum absolute atomic E-state index is 12.1. The van der Waals surface area contributed by atoms with Gasteiger partial charge in [0.05, 0.1) is 5.56 Å². The number of aryl methyl sites for hydroxylation is 1. The third kappa shape index (κ3) is 2.16. The predicted molar refractivity (Wildman–Crippen MR) is 69.1 cm³/mol. The summed E-state index contributed by atoms with van der Waals surface area (Å²) in [6, 6.07) is 4.88. The van der Waals surface area contributed by atoms with Crippen molar-refractivity contribution >= 4 is 17.5 Å². The van der Waals surface area contributed by atoms with Crippen LogP contribution in [-0.4, -0.2) is 36.3 Å². The Morgan fingerprint density at radius 2 is 2.22 bits per heavy atom. The molecule has 18 heavy (non-hydrogen) atoms. The van der Waals surface area contributed by atoms with Gasteiger partial charge in [0.25, 0.3) is 5.91 Å². The van der Waals surface area contributed by atoms with Gasteiger partial charge in [-0.1, -0.05) is 12.1 Å². The Bertz CT molecular complexity index is 479. The largest absolute Gasteiger partial charge is 0.398 e. The Morgan fingerprint density at radius 3 is 2.78 bits per heavy atom. The van der Waals surface area contributed by atoms with E-state index in [1.165, 1.54) is 0 Å². The minimum Gasteiger partial charge on any atom is -0.398 e. The first-order chi connectivity index (χ1) is 8.50. The highest BCUT2D eigenvalue weighted by atomic mass is 16.2. The summed E-state index contributed by atoms with van der Waals surface area (Å²) in [6.07, 6.45) is 0.646. The topological polar surface area (TPSA) is 75.4 Å². The van der Waals surface area contributed by atoms with Crippen molar-refractivity contribution in [1.82, 2.24) is 10.2 Å².